The van der Waals surface area contributed by atoms with Crippen LogP contribution in [0.1, 0.15) is 71.9 Å². The van der Waals surface area contributed by atoms with Gasteiger partial charge in [-0.05, 0) is 52.5 Å². The Bertz CT molecular complexity index is 639. The van der Waals surface area contributed by atoms with E-state index in [1.54, 1.807) is 18.0 Å². The van der Waals surface area contributed by atoms with E-state index in [0.29, 0.717) is 12.4 Å². The molecule has 0 radical (unpaired) electrons. The molecular weight excluding hydrogens is 330 g/mol. The minimum absolute atomic E-state index is 0.0493. The first-order chi connectivity index (χ1) is 12.2. The molecule has 0 spiro atoms. The molecule has 1 aliphatic rings. The highest BCUT2D eigenvalue weighted by atomic mass is 16.6. The van der Waals surface area contributed by atoms with Crippen molar-refractivity contribution in [1.82, 2.24) is 9.88 Å². The quantitative estimate of drug-likeness (QED) is 0.802. The fraction of sp³-hybridized carbons (Fsp3) is 0.650. The Morgan fingerprint density at radius 1 is 1.35 bits per heavy atom. The van der Waals surface area contributed by atoms with Crippen molar-refractivity contribution >= 4 is 17.8 Å². The monoisotopic (exact) mass is 361 g/mol. The minimum Gasteiger partial charge on any atom is -0.443 e. The number of aromatic nitrogens is 1. The average Bonchev–Trinajstić information content (AvgIpc) is 2.58. The van der Waals surface area contributed by atoms with Crippen LogP contribution in [0.25, 0.3) is 0 Å². The summed E-state index contributed by atoms with van der Waals surface area (Å²) in [4.78, 5) is 32.9. The highest BCUT2D eigenvalue weighted by molar-refractivity contribution is 5.88. The van der Waals surface area contributed by atoms with E-state index in [1.807, 2.05) is 44.7 Å². The fourth-order valence-corrected chi connectivity index (χ4v) is 3.35. The molecule has 1 aliphatic heterocycles. The van der Waals surface area contributed by atoms with Gasteiger partial charge in [0.1, 0.15) is 11.4 Å². The Morgan fingerprint density at radius 3 is 2.69 bits per heavy atom. The van der Waals surface area contributed by atoms with Gasteiger partial charge in [-0.1, -0.05) is 13.0 Å². The van der Waals surface area contributed by atoms with E-state index in [-0.39, 0.29) is 11.9 Å². The van der Waals surface area contributed by atoms with Crippen LogP contribution < -0.4 is 4.90 Å². The van der Waals surface area contributed by atoms with Gasteiger partial charge in [-0.2, -0.15) is 0 Å². The summed E-state index contributed by atoms with van der Waals surface area (Å²) in [5.41, 5.74) is 0.343. The van der Waals surface area contributed by atoms with E-state index in [1.165, 1.54) is 0 Å². The Morgan fingerprint density at radius 2 is 2.08 bits per heavy atom. The summed E-state index contributed by atoms with van der Waals surface area (Å²) in [6, 6.07) is 3.79. The second-order valence-electron chi connectivity index (χ2n) is 7.77. The second kappa shape index (κ2) is 8.52. The molecule has 0 unspecified atom stereocenters. The Balaban J connectivity index is 2.41. The van der Waals surface area contributed by atoms with E-state index in [4.69, 9.17) is 4.74 Å². The van der Waals surface area contributed by atoms with Gasteiger partial charge in [0.2, 0.25) is 5.91 Å². The molecule has 0 saturated carbocycles. The summed E-state index contributed by atoms with van der Waals surface area (Å²) in [6.07, 6.45) is 5.03. The van der Waals surface area contributed by atoms with Crippen LogP contribution in [-0.2, 0) is 9.53 Å². The SMILES string of the molecule is CCCN(C(=O)OC(C)(C)C)c1ncccc1[C@@H]1CCCCN1C(C)=O. The van der Waals surface area contributed by atoms with Crippen molar-refractivity contribution in [3.63, 3.8) is 0 Å². The summed E-state index contributed by atoms with van der Waals surface area (Å²) >= 11 is 0. The molecule has 2 rings (SSSR count). The summed E-state index contributed by atoms with van der Waals surface area (Å²) in [5, 5.41) is 0. The van der Waals surface area contributed by atoms with E-state index >= 15 is 0 Å². The largest absolute Gasteiger partial charge is 0.443 e. The lowest BCUT2D eigenvalue weighted by Crippen LogP contribution is -2.41. The summed E-state index contributed by atoms with van der Waals surface area (Å²) in [7, 11) is 0. The van der Waals surface area contributed by atoms with Crippen LogP contribution in [0.3, 0.4) is 0 Å². The van der Waals surface area contributed by atoms with Gasteiger partial charge in [0, 0.05) is 31.8 Å². The normalized spacial score (nSPS) is 17.7. The van der Waals surface area contributed by atoms with Crippen LogP contribution in [0, 0.1) is 0 Å². The summed E-state index contributed by atoms with van der Waals surface area (Å²) in [5.74, 6) is 0.658. The molecule has 0 N–H and O–H groups in total. The second-order valence-corrected chi connectivity index (χ2v) is 7.77. The number of carbonyl (C=O) groups excluding carboxylic acids is 2. The molecule has 1 atom stereocenters. The topological polar surface area (TPSA) is 62.7 Å². The molecule has 1 fully saturated rings. The van der Waals surface area contributed by atoms with Crippen LogP contribution in [0.2, 0.25) is 0 Å². The molecule has 6 nitrogen and oxygen atoms in total. The molecule has 2 heterocycles. The van der Waals surface area contributed by atoms with Crippen molar-refractivity contribution < 1.29 is 14.3 Å². The first-order valence-electron chi connectivity index (χ1n) is 9.47. The lowest BCUT2D eigenvalue weighted by Gasteiger charge is -2.37. The number of hydrogen-bond acceptors (Lipinski definition) is 4. The van der Waals surface area contributed by atoms with Gasteiger partial charge < -0.3 is 9.64 Å². The van der Waals surface area contributed by atoms with Gasteiger partial charge in [-0.15, -0.1) is 0 Å². The minimum atomic E-state index is -0.575. The van der Waals surface area contributed by atoms with Gasteiger partial charge in [0.15, 0.2) is 0 Å². The van der Waals surface area contributed by atoms with Gasteiger partial charge >= 0.3 is 6.09 Å². The molecule has 1 saturated heterocycles. The summed E-state index contributed by atoms with van der Waals surface area (Å²) < 4.78 is 5.59. The van der Waals surface area contributed by atoms with Crippen LogP contribution in [0.4, 0.5) is 10.6 Å². The number of hydrogen-bond donors (Lipinski definition) is 0. The number of anilines is 1. The van der Waals surface area contributed by atoms with Gasteiger partial charge in [0.05, 0.1) is 6.04 Å². The maximum absolute atomic E-state index is 12.8. The van der Waals surface area contributed by atoms with E-state index in [9.17, 15) is 9.59 Å². The third-order valence-corrected chi connectivity index (χ3v) is 4.40. The highest BCUT2D eigenvalue weighted by Gasteiger charge is 2.32. The summed E-state index contributed by atoms with van der Waals surface area (Å²) in [6.45, 7) is 10.4. The standard InChI is InChI=1S/C20H31N3O3/c1-6-13-23(19(25)26-20(3,4)5)18-16(10-9-12-21-18)17-11-7-8-14-22(17)15(2)24/h9-10,12,17H,6-8,11,13-14H2,1-5H3/t17-/m0/s1. The van der Waals surface area contributed by atoms with Crippen molar-refractivity contribution in [3.8, 4) is 0 Å². The van der Waals surface area contributed by atoms with Crippen molar-refractivity contribution in [1.29, 1.82) is 0 Å². The third-order valence-electron chi connectivity index (χ3n) is 4.40. The van der Waals surface area contributed by atoms with Crippen molar-refractivity contribution in [3.05, 3.63) is 23.9 Å². The van der Waals surface area contributed by atoms with Crippen molar-refractivity contribution in [2.75, 3.05) is 18.0 Å². The Hall–Kier alpha value is -2.11. The molecule has 0 aromatic carbocycles. The molecular formula is C20H31N3O3. The molecule has 1 aromatic heterocycles. The van der Waals surface area contributed by atoms with Crippen molar-refractivity contribution in [2.45, 2.75) is 71.9 Å². The van der Waals surface area contributed by atoms with Crippen molar-refractivity contribution in [2.24, 2.45) is 0 Å². The lowest BCUT2D eigenvalue weighted by molar-refractivity contribution is -0.132. The number of piperidine rings is 1. The molecule has 2 amide bonds. The zero-order valence-corrected chi connectivity index (χ0v) is 16.6. The van der Waals surface area contributed by atoms with E-state index < -0.39 is 11.7 Å². The highest BCUT2D eigenvalue weighted by Crippen LogP contribution is 2.36. The fourth-order valence-electron chi connectivity index (χ4n) is 3.35. The van der Waals surface area contributed by atoms with E-state index in [0.717, 1.165) is 37.8 Å². The van der Waals surface area contributed by atoms with Gasteiger partial charge in [-0.3, -0.25) is 9.69 Å². The number of rotatable bonds is 4. The molecule has 1 aromatic rings. The predicted molar refractivity (Wildman–Crippen MR) is 102 cm³/mol. The molecule has 6 heteroatoms. The first kappa shape index (κ1) is 20.2. The molecule has 26 heavy (non-hydrogen) atoms. The zero-order valence-electron chi connectivity index (χ0n) is 16.6. The lowest BCUT2D eigenvalue weighted by atomic mass is 9.95. The number of amides is 2. The number of likely N-dealkylation sites (tertiary alicyclic amines) is 1. The predicted octanol–water partition coefficient (Wildman–Crippen LogP) is 4.31. The smallest absolute Gasteiger partial charge is 0.416 e. The maximum atomic E-state index is 12.8. The number of ether oxygens (including phenoxy) is 1. The Labute approximate surface area is 156 Å². The van der Waals surface area contributed by atoms with Crippen LogP contribution >= 0.6 is 0 Å². The van der Waals surface area contributed by atoms with Gasteiger partial charge in [-0.25, -0.2) is 9.78 Å². The van der Waals surface area contributed by atoms with Gasteiger partial charge in [0.25, 0.3) is 0 Å². The number of carbonyl (C=O) groups is 2. The van der Waals surface area contributed by atoms with Crippen LogP contribution in [-0.4, -0.2) is 40.6 Å². The first-order valence-corrected chi connectivity index (χ1v) is 9.47. The zero-order chi connectivity index (χ0) is 19.3. The number of pyridine rings is 1. The maximum Gasteiger partial charge on any atom is 0.416 e. The molecule has 0 aliphatic carbocycles. The third kappa shape index (κ3) is 4.96. The molecule has 0 bridgehead atoms. The van der Waals surface area contributed by atoms with Crippen LogP contribution in [0.5, 0.6) is 0 Å². The van der Waals surface area contributed by atoms with Crippen LogP contribution in [0.15, 0.2) is 18.3 Å². The molecule has 144 valence electrons. The number of nitrogens with zero attached hydrogens (tertiary/aromatic N) is 3. The Kier molecular flexibility index (Phi) is 6.62. The average molecular weight is 361 g/mol. The van der Waals surface area contributed by atoms with E-state index in [2.05, 4.69) is 4.98 Å².